The molecule has 114 valence electrons. The minimum atomic E-state index is -0.0487. The zero-order valence-electron chi connectivity index (χ0n) is 12.7. The van der Waals surface area contributed by atoms with Crippen LogP contribution >= 0.6 is 0 Å². The van der Waals surface area contributed by atoms with Gasteiger partial charge in [-0.1, -0.05) is 12.8 Å². The molecular weight excluding hydrogens is 264 g/mol. The van der Waals surface area contributed by atoms with Gasteiger partial charge in [-0.05, 0) is 38.6 Å². The largest absolute Gasteiger partial charge is 0.352 e. The lowest BCUT2D eigenvalue weighted by molar-refractivity contribution is 0.0945. The summed E-state index contributed by atoms with van der Waals surface area (Å²) in [4.78, 5) is 22.8. The summed E-state index contributed by atoms with van der Waals surface area (Å²) >= 11 is 0. The number of carbonyl (C=O) groups is 1. The third-order valence-electron chi connectivity index (χ3n) is 4.87. The van der Waals surface area contributed by atoms with Crippen LogP contribution in [-0.4, -0.2) is 46.5 Å². The molecule has 0 unspecified atom stereocenters. The van der Waals surface area contributed by atoms with Gasteiger partial charge in [-0.2, -0.15) is 0 Å². The molecule has 3 rings (SSSR count). The standard InChI is InChI=1S/C16H24N4O/c1-12-15(9-17-11-19-12)16(21)18-8-13-6-7-20(10-13)14-4-2-3-5-14/h9,11,13-14H,2-8,10H2,1H3,(H,18,21)/t13-/m0/s1. The van der Waals surface area contributed by atoms with E-state index in [1.54, 1.807) is 6.20 Å². The summed E-state index contributed by atoms with van der Waals surface area (Å²) in [6, 6.07) is 0.801. The van der Waals surface area contributed by atoms with Crippen molar-refractivity contribution < 1.29 is 4.79 Å². The lowest BCUT2D eigenvalue weighted by Gasteiger charge is -2.23. The van der Waals surface area contributed by atoms with Gasteiger partial charge in [-0.25, -0.2) is 9.97 Å². The normalized spacial score (nSPS) is 23.6. The van der Waals surface area contributed by atoms with E-state index in [9.17, 15) is 4.79 Å². The van der Waals surface area contributed by atoms with Gasteiger partial charge in [0.05, 0.1) is 11.3 Å². The molecule has 1 N–H and O–H groups in total. The van der Waals surface area contributed by atoms with Gasteiger partial charge in [-0.15, -0.1) is 0 Å². The summed E-state index contributed by atoms with van der Waals surface area (Å²) in [5.41, 5.74) is 1.32. The van der Waals surface area contributed by atoms with Crippen LogP contribution in [0, 0.1) is 12.8 Å². The summed E-state index contributed by atoms with van der Waals surface area (Å²) in [5.74, 6) is 0.534. The fourth-order valence-corrected chi connectivity index (χ4v) is 3.58. The number of likely N-dealkylation sites (tertiary alicyclic amines) is 1. The molecule has 0 radical (unpaired) electrons. The molecular formula is C16H24N4O. The van der Waals surface area contributed by atoms with E-state index in [2.05, 4.69) is 20.2 Å². The molecule has 0 aromatic carbocycles. The smallest absolute Gasteiger partial charge is 0.254 e. The maximum atomic E-state index is 12.2. The summed E-state index contributed by atoms with van der Waals surface area (Å²) in [6.45, 7) is 4.93. The number of rotatable bonds is 4. The van der Waals surface area contributed by atoms with Gasteiger partial charge in [0.15, 0.2) is 0 Å². The van der Waals surface area contributed by atoms with E-state index in [-0.39, 0.29) is 5.91 Å². The molecule has 1 saturated carbocycles. The number of hydrogen-bond acceptors (Lipinski definition) is 4. The number of carbonyl (C=O) groups excluding carboxylic acids is 1. The zero-order chi connectivity index (χ0) is 14.7. The fourth-order valence-electron chi connectivity index (χ4n) is 3.58. The van der Waals surface area contributed by atoms with Gasteiger partial charge in [0.1, 0.15) is 6.33 Å². The third-order valence-corrected chi connectivity index (χ3v) is 4.87. The van der Waals surface area contributed by atoms with E-state index in [1.165, 1.54) is 45.0 Å². The molecule has 5 nitrogen and oxygen atoms in total. The van der Waals surface area contributed by atoms with Crippen LogP contribution in [0.2, 0.25) is 0 Å². The minimum Gasteiger partial charge on any atom is -0.352 e. The molecule has 21 heavy (non-hydrogen) atoms. The second kappa shape index (κ2) is 6.52. The van der Waals surface area contributed by atoms with Crippen LogP contribution < -0.4 is 5.32 Å². The molecule has 2 heterocycles. The first-order valence-electron chi connectivity index (χ1n) is 8.03. The summed E-state index contributed by atoms with van der Waals surface area (Å²) in [6.07, 6.45) is 9.76. The van der Waals surface area contributed by atoms with Crippen molar-refractivity contribution in [3.63, 3.8) is 0 Å². The van der Waals surface area contributed by atoms with E-state index < -0.39 is 0 Å². The molecule has 2 fully saturated rings. The zero-order valence-corrected chi connectivity index (χ0v) is 12.7. The molecule has 1 saturated heterocycles. The Labute approximate surface area is 126 Å². The predicted octanol–water partition coefficient (Wildman–Crippen LogP) is 1.78. The lowest BCUT2D eigenvalue weighted by atomic mass is 10.1. The van der Waals surface area contributed by atoms with Crippen LogP contribution in [0.5, 0.6) is 0 Å². The predicted molar refractivity (Wildman–Crippen MR) is 81.0 cm³/mol. The molecule has 1 aliphatic carbocycles. The van der Waals surface area contributed by atoms with E-state index in [4.69, 9.17) is 0 Å². The number of nitrogens with zero attached hydrogens (tertiary/aromatic N) is 3. The molecule has 0 bridgehead atoms. The van der Waals surface area contributed by atoms with Crippen molar-refractivity contribution in [1.29, 1.82) is 0 Å². The Balaban J connectivity index is 1.47. The molecule has 1 aromatic heterocycles. The van der Waals surface area contributed by atoms with E-state index >= 15 is 0 Å². The number of hydrogen-bond donors (Lipinski definition) is 1. The highest BCUT2D eigenvalue weighted by atomic mass is 16.1. The number of aromatic nitrogens is 2. The minimum absolute atomic E-state index is 0.0487. The topological polar surface area (TPSA) is 58.1 Å². The van der Waals surface area contributed by atoms with Crippen molar-refractivity contribution in [2.75, 3.05) is 19.6 Å². The van der Waals surface area contributed by atoms with Crippen LogP contribution in [0.1, 0.15) is 48.2 Å². The number of nitrogens with one attached hydrogen (secondary N) is 1. The average molecular weight is 288 g/mol. The summed E-state index contributed by atoms with van der Waals surface area (Å²) in [5, 5.41) is 3.05. The Bertz CT molecular complexity index is 499. The first-order chi connectivity index (χ1) is 10.2. The molecule has 2 aliphatic rings. The van der Waals surface area contributed by atoms with Crippen molar-refractivity contribution in [2.24, 2.45) is 5.92 Å². The maximum absolute atomic E-state index is 12.2. The van der Waals surface area contributed by atoms with Gasteiger partial charge in [0.2, 0.25) is 0 Å². The quantitative estimate of drug-likeness (QED) is 0.917. The highest BCUT2D eigenvalue weighted by molar-refractivity contribution is 5.94. The van der Waals surface area contributed by atoms with Gasteiger partial charge >= 0.3 is 0 Å². The van der Waals surface area contributed by atoms with Crippen LogP contribution in [0.4, 0.5) is 0 Å². The Morgan fingerprint density at radius 3 is 2.95 bits per heavy atom. The van der Waals surface area contributed by atoms with Crippen LogP contribution in [0.3, 0.4) is 0 Å². The van der Waals surface area contributed by atoms with Crippen molar-refractivity contribution in [2.45, 2.75) is 45.1 Å². The Hall–Kier alpha value is -1.49. The third kappa shape index (κ3) is 3.40. The fraction of sp³-hybridized carbons (Fsp3) is 0.688. The van der Waals surface area contributed by atoms with Gasteiger partial charge in [0.25, 0.3) is 5.91 Å². The monoisotopic (exact) mass is 288 g/mol. The van der Waals surface area contributed by atoms with E-state index in [1.807, 2.05) is 6.92 Å². The van der Waals surface area contributed by atoms with Crippen LogP contribution in [0.15, 0.2) is 12.5 Å². The average Bonchev–Trinajstić information content (AvgIpc) is 3.16. The highest BCUT2D eigenvalue weighted by Crippen LogP contribution is 2.28. The molecule has 0 spiro atoms. The highest BCUT2D eigenvalue weighted by Gasteiger charge is 2.30. The van der Waals surface area contributed by atoms with Gasteiger partial charge in [0, 0.05) is 25.3 Å². The molecule has 1 atom stereocenters. The van der Waals surface area contributed by atoms with Crippen LogP contribution in [0.25, 0.3) is 0 Å². The molecule has 1 amide bonds. The molecule has 1 aromatic rings. The first kappa shape index (κ1) is 14.4. The van der Waals surface area contributed by atoms with Gasteiger partial charge in [-0.3, -0.25) is 4.79 Å². The van der Waals surface area contributed by atoms with E-state index in [0.717, 1.165) is 24.8 Å². The second-order valence-corrected chi connectivity index (χ2v) is 6.32. The molecule has 5 heteroatoms. The SMILES string of the molecule is Cc1ncncc1C(=O)NC[C@@H]1CCN(C2CCCC2)C1. The van der Waals surface area contributed by atoms with Crippen molar-refractivity contribution in [3.05, 3.63) is 23.8 Å². The van der Waals surface area contributed by atoms with Crippen LogP contribution in [-0.2, 0) is 0 Å². The molecule has 1 aliphatic heterocycles. The maximum Gasteiger partial charge on any atom is 0.254 e. The van der Waals surface area contributed by atoms with Gasteiger partial charge < -0.3 is 10.2 Å². The Morgan fingerprint density at radius 2 is 2.19 bits per heavy atom. The number of amides is 1. The second-order valence-electron chi connectivity index (χ2n) is 6.32. The number of aryl methyl sites for hydroxylation is 1. The Kier molecular flexibility index (Phi) is 4.48. The van der Waals surface area contributed by atoms with Crippen molar-refractivity contribution >= 4 is 5.91 Å². The Morgan fingerprint density at radius 1 is 1.38 bits per heavy atom. The summed E-state index contributed by atoms with van der Waals surface area (Å²) < 4.78 is 0. The van der Waals surface area contributed by atoms with E-state index in [0.29, 0.717) is 11.5 Å². The summed E-state index contributed by atoms with van der Waals surface area (Å²) in [7, 11) is 0. The van der Waals surface area contributed by atoms with Crippen molar-refractivity contribution in [1.82, 2.24) is 20.2 Å². The van der Waals surface area contributed by atoms with Crippen molar-refractivity contribution in [3.8, 4) is 0 Å². The lowest BCUT2D eigenvalue weighted by Crippen LogP contribution is -2.34. The first-order valence-corrected chi connectivity index (χ1v) is 8.03.